The van der Waals surface area contributed by atoms with Crippen molar-refractivity contribution in [2.75, 3.05) is 0 Å². The van der Waals surface area contributed by atoms with Crippen molar-refractivity contribution >= 4 is 31.9 Å². The van der Waals surface area contributed by atoms with Gasteiger partial charge in [0.2, 0.25) is 0 Å². The van der Waals surface area contributed by atoms with Crippen LogP contribution in [0.15, 0.2) is 16.6 Å². The minimum Gasteiger partial charge on any atom is -0.0835 e. The van der Waals surface area contributed by atoms with E-state index in [-0.39, 0.29) is 0 Å². The van der Waals surface area contributed by atoms with Gasteiger partial charge in [0, 0.05) is 9.30 Å². The maximum atomic E-state index is 4.05. The number of hydrogen-bond acceptors (Lipinski definition) is 0. The molecule has 0 nitrogen and oxygen atoms in total. The van der Waals surface area contributed by atoms with E-state index >= 15 is 0 Å². The van der Waals surface area contributed by atoms with Gasteiger partial charge in [-0.25, -0.2) is 0 Å². The number of aryl methyl sites for hydroxylation is 2. The number of benzene rings is 1. The second-order valence-electron chi connectivity index (χ2n) is 6.93. The molecule has 0 heterocycles. The smallest absolute Gasteiger partial charge is 0.0431 e. The minimum absolute atomic E-state index is 0.581. The molecule has 2 heteroatoms. The zero-order valence-electron chi connectivity index (χ0n) is 11.5. The highest BCUT2D eigenvalue weighted by Crippen LogP contribution is 2.73. The Kier molecular flexibility index (Phi) is 2.94. The van der Waals surface area contributed by atoms with Gasteiger partial charge in [0.05, 0.1) is 0 Å². The lowest BCUT2D eigenvalue weighted by Crippen LogP contribution is -2.05. The summed E-state index contributed by atoms with van der Waals surface area (Å²) in [5.74, 6) is 5.15. The van der Waals surface area contributed by atoms with E-state index in [1.54, 1.807) is 6.42 Å². The molecule has 4 rings (SSSR count). The molecule has 0 spiro atoms. The summed E-state index contributed by atoms with van der Waals surface area (Å²) >= 11 is 7.69. The second kappa shape index (κ2) is 4.34. The van der Waals surface area contributed by atoms with Crippen molar-refractivity contribution in [1.82, 2.24) is 0 Å². The molecule has 2 bridgehead atoms. The van der Waals surface area contributed by atoms with Gasteiger partial charge in [0.1, 0.15) is 0 Å². The predicted octanol–water partition coefficient (Wildman–Crippen LogP) is 5.79. The molecule has 3 aliphatic carbocycles. The Balaban J connectivity index is 1.62. The first-order chi connectivity index (χ1) is 9.08. The fourth-order valence-corrected chi connectivity index (χ4v) is 6.75. The normalized spacial score (nSPS) is 40.3. The molecular formula is C17H20Br2. The van der Waals surface area contributed by atoms with Crippen LogP contribution in [0.1, 0.15) is 40.8 Å². The van der Waals surface area contributed by atoms with Gasteiger partial charge in [-0.15, -0.1) is 0 Å². The Hall–Kier alpha value is 0.180. The summed E-state index contributed by atoms with van der Waals surface area (Å²) in [5.41, 5.74) is 4.31. The van der Waals surface area contributed by atoms with Crippen LogP contribution in [0.25, 0.3) is 0 Å². The van der Waals surface area contributed by atoms with E-state index in [1.165, 1.54) is 34.0 Å². The number of halogens is 2. The summed E-state index contributed by atoms with van der Waals surface area (Å²) in [7, 11) is 0. The molecule has 3 fully saturated rings. The first kappa shape index (κ1) is 12.9. The molecule has 1 aromatic rings. The van der Waals surface area contributed by atoms with Gasteiger partial charge < -0.3 is 0 Å². The van der Waals surface area contributed by atoms with Crippen LogP contribution in [-0.2, 0) is 0 Å². The Morgan fingerprint density at radius 3 is 2.32 bits per heavy atom. The molecule has 3 aliphatic rings. The lowest BCUT2D eigenvalue weighted by molar-refractivity contribution is 0.456. The van der Waals surface area contributed by atoms with E-state index in [9.17, 15) is 0 Å². The molecule has 0 radical (unpaired) electrons. The minimum atomic E-state index is 0.581. The van der Waals surface area contributed by atoms with E-state index in [0.717, 1.165) is 29.6 Å². The number of hydrogen-bond donors (Lipinski definition) is 0. The van der Waals surface area contributed by atoms with Crippen LogP contribution >= 0.6 is 31.9 Å². The topological polar surface area (TPSA) is 0 Å². The zero-order chi connectivity index (χ0) is 13.3. The Morgan fingerprint density at radius 2 is 1.68 bits per heavy atom. The molecule has 1 aromatic carbocycles. The van der Waals surface area contributed by atoms with Crippen molar-refractivity contribution in [1.29, 1.82) is 0 Å². The van der Waals surface area contributed by atoms with Crippen molar-refractivity contribution in [3.63, 3.8) is 0 Å². The molecule has 3 saturated carbocycles. The van der Waals surface area contributed by atoms with Gasteiger partial charge in [-0.05, 0) is 85.5 Å². The van der Waals surface area contributed by atoms with Crippen LogP contribution in [0.4, 0.5) is 0 Å². The molecule has 0 amide bonds. The van der Waals surface area contributed by atoms with Crippen LogP contribution in [0.3, 0.4) is 0 Å². The van der Waals surface area contributed by atoms with Gasteiger partial charge in [-0.1, -0.05) is 37.9 Å². The highest BCUT2D eigenvalue weighted by atomic mass is 79.9. The maximum Gasteiger partial charge on any atom is 0.0431 e. The molecule has 0 aromatic heterocycles. The molecule has 5 unspecified atom stereocenters. The van der Waals surface area contributed by atoms with Crippen LogP contribution < -0.4 is 0 Å². The SMILES string of the molecule is Cc1cc(C(Br)C2C3C4CCC(C4)C32)c(C)cc1Br. The van der Waals surface area contributed by atoms with E-state index in [4.69, 9.17) is 0 Å². The second-order valence-corrected chi connectivity index (χ2v) is 8.77. The van der Waals surface area contributed by atoms with Crippen molar-refractivity contribution < 1.29 is 0 Å². The average Bonchev–Trinajstić information content (AvgIpc) is 2.81. The first-order valence-corrected chi connectivity index (χ1v) is 9.19. The molecule has 0 saturated heterocycles. The fraction of sp³-hybridized carbons (Fsp3) is 0.647. The first-order valence-electron chi connectivity index (χ1n) is 7.48. The summed E-state index contributed by atoms with van der Waals surface area (Å²) < 4.78 is 1.24. The van der Waals surface area contributed by atoms with Crippen LogP contribution in [0.2, 0.25) is 0 Å². The van der Waals surface area contributed by atoms with Gasteiger partial charge in [0.25, 0.3) is 0 Å². The van der Waals surface area contributed by atoms with Crippen molar-refractivity contribution in [3.8, 4) is 0 Å². The van der Waals surface area contributed by atoms with Gasteiger partial charge in [-0.3, -0.25) is 0 Å². The highest BCUT2D eigenvalue weighted by molar-refractivity contribution is 9.10. The zero-order valence-corrected chi connectivity index (χ0v) is 14.7. The molecule has 102 valence electrons. The summed E-state index contributed by atoms with van der Waals surface area (Å²) in [6.45, 7) is 4.45. The Labute approximate surface area is 132 Å². The Bertz CT molecular complexity index is 520. The summed E-state index contributed by atoms with van der Waals surface area (Å²) in [4.78, 5) is 0.581. The van der Waals surface area contributed by atoms with Crippen molar-refractivity contribution in [3.05, 3.63) is 33.3 Å². The van der Waals surface area contributed by atoms with Gasteiger partial charge >= 0.3 is 0 Å². The molecule has 19 heavy (non-hydrogen) atoms. The fourth-order valence-electron chi connectivity index (χ4n) is 5.09. The molecule has 5 atom stereocenters. The molecular weight excluding hydrogens is 364 g/mol. The number of rotatable bonds is 2. The highest BCUT2D eigenvalue weighted by Gasteiger charge is 2.66. The third-order valence-corrected chi connectivity index (χ3v) is 7.94. The van der Waals surface area contributed by atoms with Gasteiger partial charge in [0.15, 0.2) is 0 Å². The van der Waals surface area contributed by atoms with E-state index in [2.05, 4.69) is 57.8 Å². The Morgan fingerprint density at radius 1 is 1.05 bits per heavy atom. The molecule has 0 N–H and O–H groups in total. The lowest BCUT2D eigenvalue weighted by Gasteiger charge is -2.18. The maximum absolute atomic E-state index is 4.05. The largest absolute Gasteiger partial charge is 0.0835 e. The summed E-state index contributed by atoms with van der Waals surface area (Å²) in [6, 6.07) is 4.67. The summed E-state index contributed by atoms with van der Waals surface area (Å²) in [6.07, 6.45) is 4.57. The van der Waals surface area contributed by atoms with Gasteiger partial charge in [-0.2, -0.15) is 0 Å². The van der Waals surface area contributed by atoms with Crippen LogP contribution in [0, 0.1) is 43.4 Å². The van der Waals surface area contributed by atoms with E-state index in [0.29, 0.717) is 4.83 Å². The number of fused-ring (bicyclic) bond motifs is 5. The third kappa shape index (κ3) is 1.82. The lowest BCUT2D eigenvalue weighted by atomic mass is 9.94. The monoisotopic (exact) mass is 382 g/mol. The van der Waals surface area contributed by atoms with E-state index < -0.39 is 0 Å². The third-order valence-electron chi connectivity index (χ3n) is 5.98. The van der Waals surface area contributed by atoms with E-state index in [1.807, 2.05) is 0 Å². The predicted molar refractivity (Wildman–Crippen MR) is 86.6 cm³/mol. The summed E-state index contributed by atoms with van der Waals surface area (Å²) in [5, 5.41) is 0. The molecule has 0 aliphatic heterocycles. The average molecular weight is 384 g/mol. The van der Waals surface area contributed by atoms with Crippen molar-refractivity contribution in [2.24, 2.45) is 29.6 Å². The number of alkyl halides is 1. The van der Waals surface area contributed by atoms with Crippen molar-refractivity contribution in [2.45, 2.75) is 37.9 Å². The van der Waals surface area contributed by atoms with Crippen LogP contribution in [0.5, 0.6) is 0 Å². The van der Waals surface area contributed by atoms with Crippen LogP contribution in [-0.4, -0.2) is 0 Å². The standard InChI is InChI=1S/C17H20Br2/c1-8-6-13(18)9(2)5-12(8)17(19)16-14-10-3-4-11(7-10)15(14)16/h5-6,10-11,14-17H,3-4,7H2,1-2H3. The quantitative estimate of drug-likeness (QED) is 0.566.